The lowest BCUT2D eigenvalue weighted by molar-refractivity contribution is -0.153. The number of benzene rings is 3. The first kappa shape index (κ1) is 30.0. The maximum absolute atomic E-state index is 14.3. The second-order valence-electron chi connectivity index (χ2n) is 12.5. The summed E-state index contributed by atoms with van der Waals surface area (Å²) in [6.07, 6.45) is 5.27. The number of hydrogen-bond acceptors (Lipinski definition) is 5. The highest BCUT2D eigenvalue weighted by atomic mass is 16.5. The number of carbonyl (C=O) groups is 2. The molecule has 2 fully saturated rings. The molecule has 0 N–H and O–H groups in total. The second kappa shape index (κ2) is 12.4. The van der Waals surface area contributed by atoms with Crippen LogP contribution in [0.25, 0.3) is 10.8 Å². The van der Waals surface area contributed by atoms with Gasteiger partial charge in [-0.3, -0.25) is 14.5 Å². The molecule has 1 amide bonds. The van der Waals surface area contributed by atoms with E-state index in [1.807, 2.05) is 61.7 Å². The van der Waals surface area contributed by atoms with Gasteiger partial charge in [-0.15, -0.1) is 6.58 Å². The van der Waals surface area contributed by atoms with Crippen LogP contribution in [0.15, 0.2) is 79.4 Å². The zero-order chi connectivity index (χ0) is 29.9. The summed E-state index contributed by atoms with van der Waals surface area (Å²) in [5.41, 5.74) is 1.02. The van der Waals surface area contributed by atoms with E-state index < -0.39 is 5.60 Å². The van der Waals surface area contributed by atoms with Crippen molar-refractivity contribution >= 4 is 22.6 Å². The quantitative estimate of drug-likeness (QED) is 0.165. The number of rotatable bonds is 9. The van der Waals surface area contributed by atoms with E-state index >= 15 is 0 Å². The normalized spacial score (nSPS) is 24.3. The van der Waals surface area contributed by atoms with E-state index in [-0.39, 0.29) is 23.3 Å². The largest absolute Gasteiger partial charge is 0.427 e. The van der Waals surface area contributed by atoms with Gasteiger partial charge in [0.15, 0.2) is 0 Å². The molecule has 1 saturated carbocycles. The molecule has 1 heterocycles. The van der Waals surface area contributed by atoms with Gasteiger partial charge in [-0.2, -0.15) is 0 Å². The fraction of sp³-hybridized carbons (Fsp3) is 0.444. The van der Waals surface area contributed by atoms with Gasteiger partial charge in [-0.25, -0.2) is 0 Å². The first-order valence-corrected chi connectivity index (χ1v) is 15.2. The summed E-state index contributed by atoms with van der Waals surface area (Å²) in [7, 11) is 1.83. The van der Waals surface area contributed by atoms with Gasteiger partial charge in [0.05, 0.1) is 5.60 Å². The van der Waals surface area contributed by atoms with Gasteiger partial charge in [0, 0.05) is 50.7 Å². The summed E-state index contributed by atoms with van der Waals surface area (Å²) in [6, 6.07) is 22.2. The van der Waals surface area contributed by atoms with Crippen molar-refractivity contribution in [3.63, 3.8) is 0 Å². The predicted octanol–water partition coefficient (Wildman–Crippen LogP) is 6.63. The Kier molecular flexibility index (Phi) is 8.86. The van der Waals surface area contributed by atoms with Gasteiger partial charge < -0.3 is 14.4 Å². The molecule has 3 atom stereocenters. The fourth-order valence-electron chi connectivity index (χ4n) is 7.47. The van der Waals surface area contributed by atoms with Crippen LogP contribution in [0.3, 0.4) is 0 Å². The number of amides is 1. The van der Waals surface area contributed by atoms with Crippen molar-refractivity contribution in [1.82, 2.24) is 9.80 Å². The minimum absolute atomic E-state index is 0.0398. The molecular weight excluding hydrogens is 524 g/mol. The molecule has 0 unspecified atom stereocenters. The number of esters is 1. The number of piperidine rings is 1. The Morgan fingerprint density at radius 3 is 2.57 bits per heavy atom. The lowest BCUT2D eigenvalue weighted by Gasteiger charge is -2.60. The van der Waals surface area contributed by atoms with E-state index in [2.05, 4.69) is 48.4 Å². The Balaban J connectivity index is 1.56. The number of fused-ring (bicyclic) bond motifs is 2. The molecule has 1 aliphatic carbocycles. The maximum Gasteiger partial charge on any atom is 0.308 e. The van der Waals surface area contributed by atoms with Crippen LogP contribution in [0, 0.1) is 5.92 Å². The van der Waals surface area contributed by atoms with E-state index in [1.54, 1.807) is 0 Å². The average Bonchev–Trinajstić information content (AvgIpc) is 2.99. The first-order chi connectivity index (χ1) is 20.2. The minimum Gasteiger partial charge on any atom is -0.427 e. The standard InChI is InChI=1S/C36H44N2O4/c1-6-19-37-20-18-35(31-12-9-13-33(22-31)42-27(4)39)23-32(16-17-36(35,25-37)41-5)38(24-26(2)3)34(40)30-15-14-28-10-7-8-11-29(28)21-30/h6-15,21-22,26,32H,1,16-20,23-25H2,2-5H3/t32-,35-,36-/m0/s1. The van der Waals surface area contributed by atoms with Gasteiger partial charge in [0.2, 0.25) is 0 Å². The Labute approximate surface area is 250 Å². The van der Waals surface area contributed by atoms with Gasteiger partial charge >= 0.3 is 5.97 Å². The molecule has 1 saturated heterocycles. The van der Waals surface area contributed by atoms with Crippen LogP contribution in [0.5, 0.6) is 5.75 Å². The Morgan fingerprint density at radius 2 is 1.86 bits per heavy atom. The van der Waals surface area contributed by atoms with Crippen LogP contribution < -0.4 is 4.74 Å². The molecule has 42 heavy (non-hydrogen) atoms. The Bertz CT molecular complexity index is 1450. The minimum atomic E-state index is -0.449. The Morgan fingerprint density at radius 1 is 1.07 bits per heavy atom. The molecule has 3 aromatic carbocycles. The van der Waals surface area contributed by atoms with Gasteiger partial charge in [0.1, 0.15) is 5.75 Å². The lowest BCUT2D eigenvalue weighted by Crippen LogP contribution is -2.68. The van der Waals surface area contributed by atoms with Crippen molar-refractivity contribution in [3.05, 3.63) is 90.5 Å². The highest BCUT2D eigenvalue weighted by Crippen LogP contribution is 2.54. The van der Waals surface area contributed by atoms with Crippen molar-refractivity contribution in [2.75, 3.05) is 33.3 Å². The average molecular weight is 569 g/mol. The van der Waals surface area contributed by atoms with Crippen molar-refractivity contribution in [3.8, 4) is 5.75 Å². The maximum atomic E-state index is 14.3. The summed E-state index contributed by atoms with van der Waals surface area (Å²) in [6.45, 7) is 12.9. The molecule has 6 nitrogen and oxygen atoms in total. The third-order valence-corrected chi connectivity index (χ3v) is 9.36. The molecule has 222 valence electrons. The molecule has 5 rings (SSSR count). The van der Waals surface area contributed by atoms with Crippen molar-refractivity contribution in [2.45, 2.75) is 63.5 Å². The molecule has 0 radical (unpaired) electrons. The summed E-state index contributed by atoms with van der Waals surface area (Å²) in [5, 5.41) is 2.20. The zero-order valence-electron chi connectivity index (χ0n) is 25.5. The molecule has 0 spiro atoms. The SMILES string of the molecule is C=CCN1CC[C@@]2(c3cccc(OC(C)=O)c3)C[C@@H](N(CC(C)C)C(=O)c3ccc4ccccc4c3)CC[C@]2(OC)C1. The van der Waals surface area contributed by atoms with Crippen LogP contribution >= 0.6 is 0 Å². The van der Waals surface area contributed by atoms with Crippen molar-refractivity contribution in [1.29, 1.82) is 0 Å². The highest BCUT2D eigenvalue weighted by Gasteiger charge is 2.59. The number of ether oxygens (including phenoxy) is 2. The number of carbonyl (C=O) groups excluding carboxylic acids is 2. The molecule has 1 aliphatic heterocycles. The summed E-state index contributed by atoms with van der Waals surface area (Å²) in [4.78, 5) is 30.7. The number of nitrogens with zero attached hydrogens (tertiary/aromatic N) is 2. The third kappa shape index (κ3) is 5.75. The van der Waals surface area contributed by atoms with Gasteiger partial charge in [0.25, 0.3) is 5.91 Å². The van der Waals surface area contributed by atoms with Crippen molar-refractivity contribution in [2.24, 2.45) is 5.92 Å². The summed E-state index contributed by atoms with van der Waals surface area (Å²) < 4.78 is 12.1. The fourth-order valence-corrected chi connectivity index (χ4v) is 7.47. The van der Waals surface area contributed by atoms with Crippen molar-refractivity contribution < 1.29 is 19.1 Å². The van der Waals surface area contributed by atoms with Crippen LogP contribution in [0.1, 0.15) is 62.4 Å². The molecule has 0 aromatic heterocycles. The van der Waals surface area contributed by atoms with Gasteiger partial charge in [-0.05, 0) is 78.7 Å². The van der Waals surface area contributed by atoms with E-state index in [4.69, 9.17) is 9.47 Å². The second-order valence-corrected chi connectivity index (χ2v) is 12.5. The molecule has 2 aliphatic rings. The predicted molar refractivity (Wildman–Crippen MR) is 168 cm³/mol. The Hall–Kier alpha value is -3.48. The monoisotopic (exact) mass is 568 g/mol. The zero-order valence-corrected chi connectivity index (χ0v) is 25.5. The smallest absolute Gasteiger partial charge is 0.308 e. The summed E-state index contributed by atoms with van der Waals surface area (Å²) >= 11 is 0. The summed E-state index contributed by atoms with van der Waals surface area (Å²) in [5.74, 6) is 0.605. The van der Waals surface area contributed by atoms with Gasteiger partial charge in [-0.1, -0.05) is 62.4 Å². The number of likely N-dealkylation sites (tertiary alicyclic amines) is 1. The van der Waals surface area contributed by atoms with E-state index in [0.29, 0.717) is 18.2 Å². The van der Waals surface area contributed by atoms with Crippen LogP contribution in [-0.4, -0.2) is 66.6 Å². The number of hydrogen-bond donors (Lipinski definition) is 0. The third-order valence-electron chi connectivity index (χ3n) is 9.36. The van der Waals surface area contributed by atoms with Crippen LogP contribution in [0.4, 0.5) is 0 Å². The lowest BCUT2D eigenvalue weighted by atomic mass is 9.55. The van der Waals surface area contributed by atoms with E-state index in [9.17, 15) is 9.59 Å². The highest BCUT2D eigenvalue weighted by molar-refractivity contribution is 5.98. The topological polar surface area (TPSA) is 59.1 Å². The van der Waals surface area contributed by atoms with E-state index in [0.717, 1.165) is 67.2 Å². The van der Waals surface area contributed by atoms with E-state index in [1.165, 1.54) is 6.92 Å². The number of methoxy groups -OCH3 is 1. The molecule has 0 bridgehead atoms. The first-order valence-electron chi connectivity index (χ1n) is 15.2. The molecule has 6 heteroatoms. The molecule has 3 aromatic rings. The molecular formula is C36H44N2O4. The van der Waals surface area contributed by atoms with Crippen LogP contribution in [0.2, 0.25) is 0 Å². The van der Waals surface area contributed by atoms with Crippen LogP contribution in [-0.2, 0) is 14.9 Å².